The number of aliphatic hydroxyl groups is 1. The summed E-state index contributed by atoms with van der Waals surface area (Å²) in [6.45, 7) is 3.99. The van der Waals surface area contributed by atoms with E-state index in [9.17, 15) is 14.7 Å². The quantitative estimate of drug-likeness (QED) is 0.412. The van der Waals surface area contributed by atoms with Crippen LogP contribution >= 0.6 is 15.9 Å². The van der Waals surface area contributed by atoms with Crippen molar-refractivity contribution in [1.29, 1.82) is 0 Å². The van der Waals surface area contributed by atoms with Crippen LogP contribution < -0.4 is 0 Å². The van der Waals surface area contributed by atoms with Crippen LogP contribution in [0.4, 0.5) is 0 Å². The van der Waals surface area contributed by atoms with Crippen LogP contribution in [0.1, 0.15) is 17.2 Å². The highest BCUT2D eigenvalue weighted by molar-refractivity contribution is 9.10. The third kappa shape index (κ3) is 4.19. The Bertz CT molecular complexity index is 953. The van der Waals surface area contributed by atoms with Crippen molar-refractivity contribution in [3.05, 3.63) is 75.8 Å². The number of ether oxygens (including phenoxy) is 1. The van der Waals surface area contributed by atoms with E-state index in [0.717, 1.165) is 23.1 Å². The monoisotopic (exact) mass is 470 g/mol. The summed E-state index contributed by atoms with van der Waals surface area (Å²) in [7, 11) is 0. The lowest BCUT2D eigenvalue weighted by Gasteiger charge is -2.31. The largest absolute Gasteiger partial charge is 0.507 e. The highest BCUT2D eigenvalue weighted by Gasteiger charge is 2.45. The molecule has 0 spiro atoms. The van der Waals surface area contributed by atoms with Gasteiger partial charge in [-0.2, -0.15) is 0 Å². The Morgan fingerprint density at radius 2 is 1.67 bits per heavy atom. The van der Waals surface area contributed by atoms with E-state index in [-0.39, 0.29) is 11.3 Å². The van der Waals surface area contributed by atoms with Gasteiger partial charge in [0.1, 0.15) is 5.76 Å². The Morgan fingerprint density at radius 1 is 1.00 bits per heavy atom. The van der Waals surface area contributed by atoms with Gasteiger partial charge >= 0.3 is 0 Å². The van der Waals surface area contributed by atoms with Crippen LogP contribution in [0.3, 0.4) is 0 Å². The van der Waals surface area contributed by atoms with E-state index in [4.69, 9.17) is 4.74 Å². The molecule has 1 N–H and O–H groups in total. The van der Waals surface area contributed by atoms with E-state index < -0.39 is 17.7 Å². The highest BCUT2D eigenvalue weighted by Crippen LogP contribution is 2.39. The summed E-state index contributed by atoms with van der Waals surface area (Å²) in [5, 5.41) is 11.0. The number of carbonyl (C=O) groups is 2. The number of Topliss-reactive ketones (excluding diaryl/α,β-unsaturated/α-hetero) is 1. The van der Waals surface area contributed by atoms with Gasteiger partial charge in [-0.25, -0.2) is 0 Å². The smallest absolute Gasteiger partial charge is 0.295 e. The number of halogens is 1. The zero-order valence-electron chi connectivity index (χ0n) is 16.5. The molecule has 0 aliphatic carbocycles. The number of amides is 1. The molecular weight excluding hydrogens is 448 g/mol. The van der Waals surface area contributed by atoms with Crippen LogP contribution in [0, 0.1) is 0 Å². The maximum Gasteiger partial charge on any atom is 0.295 e. The van der Waals surface area contributed by atoms with Crippen molar-refractivity contribution in [3.8, 4) is 0 Å². The number of nitrogens with zero attached hydrogens (tertiary/aromatic N) is 2. The van der Waals surface area contributed by atoms with E-state index in [2.05, 4.69) is 20.8 Å². The van der Waals surface area contributed by atoms with Crippen molar-refractivity contribution in [2.75, 3.05) is 39.4 Å². The molecule has 156 valence electrons. The molecule has 1 atom stereocenters. The molecule has 2 aliphatic heterocycles. The number of likely N-dealkylation sites (tertiary alicyclic amines) is 1. The van der Waals surface area contributed by atoms with Crippen molar-refractivity contribution in [3.63, 3.8) is 0 Å². The molecule has 0 unspecified atom stereocenters. The molecule has 30 heavy (non-hydrogen) atoms. The number of ketones is 1. The second-order valence-corrected chi connectivity index (χ2v) is 8.28. The summed E-state index contributed by atoms with van der Waals surface area (Å²) in [5.74, 6) is -1.37. The average molecular weight is 471 g/mol. The SMILES string of the molecule is O=C1C(=O)N(CCN2CCOCC2)[C@@H](c2ccc(Br)cc2)C1=C(O)c1ccccc1. The lowest BCUT2D eigenvalue weighted by atomic mass is 9.95. The van der Waals surface area contributed by atoms with Gasteiger partial charge < -0.3 is 14.7 Å². The Kier molecular flexibility index (Phi) is 6.32. The van der Waals surface area contributed by atoms with E-state index in [0.29, 0.717) is 31.9 Å². The summed E-state index contributed by atoms with van der Waals surface area (Å²) in [5.41, 5.74) is 1.44. The summed E-state index contributed by atoms with van der Waals surface area (Å²) < 4.78 is 6.29. The van der Waals surface area contributed by atoms with Crippen LogP contribution in [0.15, 0.2) is 64.6 Å². The maximum absolute atomic E-state index is 13.0. The third-order valence-electron chi connectivity index (χ3n) is 5.53. The zero-order chi connectivity index (χ0) is 21.1. The van der Waals surface area contributed by atoms with Crippen LogP contribution in [0.5, 0.6) is 0 Å². The Balaban J connectivity index is 1.72. The molecule has 2 aromatic rings. The molecular formula is C23H23BrN2O4. The van der Waals surface area contributed by atoms with Crippen molar-refractivity contribution in [2.24, 2.45) is 0 Å². The second kappa shape index (κ2) is 9.12. The number of aliphatic hydroxyl groups excluding tert-OH is 1. The fourth-order valence-electron chi connectivity index (χ4n) is 3.93. The van der Waals surface area contributed by atoms with Gasteiger partial charge in [-0.3, -0.25) is 14.5 Å². The Morgan fingerprint density at radius 3 is 2.33 bits per heavy atom. The first-order chi connectivity index (χ1) is 14.6. The number of carbonyl (C=O) groups excluding carboxylic acids is 2. The van der Waals surface area contributed by atoms with E-state index in [1.807, 2.05) is 30.3 Å². The molecule has 0 radical (unpaired) electrons. The Hall–Kier alpha value is -2.48. The fraction of sp³-hybridized carbons (Fsp3) is 0.304. The van der Waals surface area contributed by atoms with Crippen LogP contribution in [-0.2, 0) is 14.3 Å². The molecule has 4 rings (SSSR count). The van der Waals surface area contributed by atoms with E-state index in [1.165, 1.54) is 0 Å². The minimum absolute atomic E-state index is 0.135. The van der Waals surface area contributed by atoms with Gasteiger partial charge in [-0.1, -0.05) is 58.4 Å². The van der Waals surface area contributed by atoms with Crippen molar-refractivity contribution in [2.45, 2.75) is 6.04 Å². The number of benzene rings is 2. The molecule has 2 aliphatic rings. The predicted molar refractivity (Wildman–Crippen MR) is 117 cm³/mol. The molecule has 2 heterocycles. The van der Waals surface area contributed by atoms with Crippen LogP contribution in [0.2, 0.25) is 0 Å². The summed E-state index contributed by atoms with van der Waals surface area (Å²) in [6.07, 6.45) is 0. The molecule has 2 saturated heterocycles. The van der Waals surface area contributed by atoms with E-state index in [1.54, 1.807) is 29.2 Å². The Labute approximate surface area is 183 Å². The standard InChI is InChI=1S/C23H23BrN2O4/c24-18-8-6-16(7-9-18)20-19(21(27)17-4-2-1-3-5-17)22(28)23(29)26(20)11-10-25-12-14-30-15-13-25/h1-9,20,27H,10-15H2/t20-/m0/s1. The molecule has 2 fully saturated rings. The number of rotatable bonds is 5. The van der Waals surface area contributed by atoms with Crippen molar-refractivity contribution in [1.82, 2.24) is 9.80 Å². The minimum atomic E-state index is -0.647. The normalized spacial score (nSPS) is 21.9. The minimum Gasteiger partial charge on any atom is -0.507 e. The summed E-state index contributed by atoms with van der Waals surface area (Å²) in [6, 6.07) is 15.8. The number of hydrogen-bond donors (Lipinski definition) is 1. The molecule has 6 nitrogen and oxygen atoms in total. The molecule has 0 bridgehead atoms. The van der Waals surface area contributed by atoms with Crippen molar-refractivity contribution >= 4 is 33.4 Å². The number of hydrogen-bond acceptors (Lipinski definition) is 5. The van der Waals surface area contributed by atoms with Gasteiger partial charge in [0, 0.05) is 36.2 Å². The van der Waals surface area contributed by atoms with Gasteiger partial charge in [0.25, 0.3) is 11.7 Å². The van der Waals surface area contributed by atoms with Gasteiger partial charge in [0.05, 0.1) is 24.8 Å². The maximum atomic E-state index is 13.0. The average Bonchev–Trinajstić information content (AvgIpc) is 3.04. The lowest BCUT2D eigenvalue weighted by molar-refractivity contribution is -0.140. The second-order valence-electron chi connectivity index (χ2n) is 7.36. The highest BCUT2D eigenvalue weighted by atomic mass is 79.9. The summed E-state index contributed by atoms with van der Waals surface area (Å²) >= 11 is 3.43. The fourth-order valence-corrected chi connectivity index (χ4v) is 4.19. The van der Waals surface area contributed by atoms with E-state index >= 15 is 0 Å². The number of morpholine rings is 1. The van der Waals surface area contributed by atoms with Gasteiger partial charge in [-0.05, 0) is 17.7 Å². The topological polar surface area (TPSA) is 70.1 Å². The molecule has 2 aromatic carbocycles. The first-order valence-corrected chi connectivity index (χ1v) is 10.7. The van der Waals surface area contributed by atoms with Crippen LogP contribution in [0.25, 0.3) is 5.76 Å². The zero-order valence-corrected chi connectivity index (χ0v) is 18.0. The summed E-state index contributed by atoms with van der Waals surface area (Å²) in [4.78, 5) is 29.7. The van der Waals surface area contributed by atoms with Crippen molar-refractivity contribution < 1.29 is 19.4 Å². The van der Waals surface area contributed by atoms with Gasteiger partial charge in [-0.15, -0.1) is 0 Å². The molecule has 0 aromatic heterocycles. The first kappa shape index (κ1) is 20.8. The van der Waals surface area contributed by atoms with Crippen LogP contribution in [-0.4, -0.2) is 66.0 Å². The van der Waals surface area contributed by atoms with Gasteiger partial charge in [0.2, 0.25) is 0 Å². The van der Waals surface area contributed by atoms with Gasteiger partial charge in [0.15, 0.2) is 0 Å². The molecule has 7 heteroatoms. The lowest BCUT2D eigenvalue weighted by Crippen LogP contribution is -2.42. The predicted octanol–water partition coefficient (Wildman–Crippen LogP) is 3.20. The molecule has 1 amide bonds. The third-order valence-corrected chi connectivity index (χ3v) is 6.06. The molecule has 0 saturated carbocycles. The first-order valence-electron chi connectivity index (χ1n) is 9.95.